The van der Waals surface area contributed by atoms with Crippen LogP contribution in [0.2, 0.25) is 0 Å². The summed E-state index contributed by atoms with van der Waals surface area (Å²) in [5.41, 5.74) is 3.83. The van der Waals surface area contributed by atoms with Crippen molar-refractivity contribution in [1.82, 2.24) is 19.7 Å². The molecule has 0 aliphatic carbocycles. The van der Waals surface area contributed by atoms with Gasteiger partial charge in [-0.1, -0.05) is 46.3 Å². The molecule has 4 rings (SSSR count). The second-order valence-electron chi connectivity index (χ2n) is 6.21. The van der Waals surface area contributed by atoms with Gasteiger partial charge < -0.3 is 9.55 Å². The molecule has 0 atom stereocenters. The first-order valence-electron chi connectivity index (χ1n) is 8.46. The van der Waals surface area contributed by atoms with E-state index in [1.807, 2.05) is 6.33 Å². The molecule has 4 aromatic rings. The highest BCUT2D eigenvalue weighted by atomic mass is 79.9. The highest BCUT2D eigenvalue weighted by Gasteiger charge is 2.07. The van der Waals surface area contributed by atoms with Crippen LogP contribution in [0.3, 0.4) is 0 Å². The Labute approximate surface area is 155 Å². The minimum absolute atomic E-state index is 0.808. The van der Waals surface area contributed by atoms with Gasteiger partial charge in [0.2, 0.25) is 0 Å². The first kappa shape index (κ1) is 16.1. The minimum atomic E-state index is 0.808. The molecular formula is C20H19BrN4. The van der Waals surface area contributed by atoms with Gasteiger partial charge >= 0.3 is 0 Å². The van der Waals surface area contributed by atoms with Gasteiger partial charge in [0.25, 0.3) is 0 Å². The van der Waals surface area contributed by atoms with Gasteiger partial charge in [0.05, 0.1) is 6.54 Å². The molecule has 0 fully saturated rings. The lowest BCUT2D eigenvalue weighted by molar-refractivity contribution is 0.686. The summed E-state index contributed by atoms with van der Waals surface area (Å²) < 4.78 is 3.23. The van der Waals surface area contributed by atoms with E-state index < -0.39 is 0 Å². The van der Waals surface area contributed by atoms with Crippen LogP contribution in [-0.4, -0.2) is 19.7 Å². The number of para-hydroxylation sites is 1. The van der Waals surface area contributed by atoms with E-state index in [2.05, 4.69) is 90.4 Å². The largest absolute Gasteiger partial charge is 0.361 e. The van der Waals surface area contributed by atoms with Crippen molar-refractivity contribution in [2.45, 2.75) is 25.8 Å². The molecule has 0 amide bonds. The lowest BCUT2D eigenvalue weighted by atomic mass is 10.1. The predicted octanol–water partition coefficient (Wildman–Crippen LogP) is 4.75. The summed E-state index contributed by atoms with van der Waals surface area (Å²) >= 11 is 3.47. The Morgan fingerprint density at radius 1 is 1.00 bits per heavy atom. The number of benzene rings is 2. The molecule has 0 radical (unpaired) electrons. The van der Waals surface area contributed by atoms with Gasteiger partial charge in [-0.05, 0) is 42.2 Å². The lowest BCUT2D eigenvalue weighted by Gasteiger charge is -2.07. The van der Waals surface area contributed by atoms with Gasteiger partial charge in [0, 0.05) is 28.0 Å². The summed E-state index contributed by atoms with van der Waals surface area (Å²) in [6.07, 6.45) is 6.96. The molecule has 0 saturated heterocycles. The highest BCUT2D eigenvalue weighted by Crippen LogP contribution is 2.19. The number of rotatable bonds is 6. The highest BCUT2D eigenvalue weighted by molar-refractivity contribution is 9.10. The molecule has 0 spiro atoms. The Morgan fingerprint density at radius 2 is 1.84 bits per heavy atom. The van der Waals surface area contributed by atoms with Crippen LogP contribution >= 0.6 is 15.9 Å². The van der Waals surface area contributed by atoms with Crippen LogP contribution in [0.5, 0.6) is 0 Å². The van der Waals surface area contributed by atoms with E-state index in [0.29, 0.717) is 0 Å². The number of halogens is 1. The van der Waals surface area contributed by atoms with E-state index in [0.717, 1.165) is 36.1 Å². The quantitative estimate of drug-likeness (QED) is 0.512. The van der Waals surface area contributed by atoms with Crippen LogP contribution in [0.4, 0.5) is 0 Å². The van der Waals surface area contributed by atoms with Gasteiger partial charge in [-0.25, -0.2) is 0 Å². The fourth-order valence-electron chi connectivity index (χ4n) is 3.17. The van der Waals surface area contributed by atoms with E-state index in [-0.39, 0.29) is 0 Å². The van der Waals surface area contributed by atoms with Crippen molar-refractivity contribution in [3.05, 3.63) is 82.5 Å². The molecule has 2 heterocycles. The number of nitrogens with one attached hydrogen (secondary N) is 1. The average molecular weight is 395 g/mol. The third-order valence-electron chi connectivity index (χ3n) is 4.48. The smallest absolute Gasteiger partial charge is 0.133 e. The SMILES string of the molecule is Brc1ccc(Cn2cnnc2CCCc2c[nH]c3ccccc23)cc1. The third kappa shape index (κ3) is 3.66. The van der Waals surface area contributed by atoms with E-state index >= 15 is 0 Å². The maximum absolute atomic E-state index is 4.31. The van der Waals surface area contributed by atoms with Crippen LogP contribution in [0.25, 0.3) is 10.9 Å². The third-order valence-corrected chi connectivity index (χ3v) is 5.01. The number of nitrogens with zero attached hydrogens (tertiary/aromatic N) is 3. The zero-order valence-corrected chi connectivity index (χ0v) is 15.4. The zero-order valence-electron chi connectivity index (χ0n) is 13.8. The van der Waals surface area contributed by atoms with Gasteiger partial charge in [-0.15, -0.1) is 10.2 Å². The monoisotopic (exact) mass is 394 g/mol. The van der Waals surface area contributed by atoms with Crippen molar-refractivity contribution in [1.29, 1.82) is 0 Å². The van der Waals surface area contributed by atoms with Crippen LogP contribution in [0.1, 0.15) is 23.4 Å². The van der Waals surface area contributed by atoms with Crippen molar-refractivity contribution in [3.63, 3.8) is 0 Å². The fourth-order valence-corrected chi connectivity index (χ4v) is 3.43. The lowest BCUT2D eigenvalue weighted by Crippen LogP contribution is -2.05. The molecule has 0 aliphatic heterocycles. The molecule has 4 nitrogen and oxygen atoms in total. The topological polar surface area (TPSA) is 46.5 Å². The van der Waals surface area contributed by atoms with Crippen molar-refractivity contribution in [3.8, 4) is 0 Å². The summed E-state index contributed by atoms with van der Waals surface area (Å²) in [5, 5.41) is 9.72. The van der Waals surface area contributed by atoms with Crippen molar-refractivity contribution < 1.29 is 0 Å². The van der Waals surface area contributed by atoms with Crippen LogP contribution in [0.15, 0.2) is 65.5 Å². The van der Waals surface area contributed by atoms with Crippen LogP contribution in [0, 0.1) is 0 Å². The molecule has 0 bridgehead atoms. The second-order valence-corrected chi connectivity index (χ2v) is 7.13. The number of aryl methyl sites for hydroxylation is 2. The number of aromatic nitrogens is 4. The number of aromatic amines is 1. The summed E-state index contributed by atoms with van der Waals surface area (Å²) in [6, 6.07) is 16.8. The summed E-state index contributed by atoms with van der Waals surface area (Å²) in [6.45, 7) is 0.808. The molecule has 5 heteroatoms. The molecule has 2 aromatic carbocycles. The minimum Gasteiger partial charge on any atom is -0.361 e. The van der Waals surface area contributed by atoms with Gasteiger partial charge in [0.15, 0.2) is 0 Å². The number of fused-ring (bicyclic) bond motifs is 1. The summed E-state index contributed by atoms with van der Waals surface area (Å²) in [4.78, 5) is 3.34. The number of hydrogen-bond donors (Lipinski definition) is 1. The number of H-pyrrole nitrogens is 1. The van der Waals surface area contributed by atoms with Gasteiger partial charge in [-0.2, -0.15) is 0 Å². The average Bonchev–Trinajstić information content (AvgIpc) is 3.24. The van der Waals surface area contributed by atoms with Gasteiger partial charge in [0.1, 0.15) is 12.2 Å². The molecule has 126 valence electrons. The maximum Gasteiger partial charge on any atom is 0.133 e. The van der Waals surface area contributed by atoms with E-state index in [1.165, 1.54) is 22.0 Å². The van der Waals surface area contributed by atoms with Crippen molar-refractivity contribution in [2.24, 2.45) is 0 Å². The van der Waals surface area contributed by atoms with E-state index in [9.17, 15) is 0 Å². The molecule has 0 aliphatic rings. The Bertz CT molecular complexity index is 969. The van der Waals surface area contributed by atoms with Gasteiger partial charge in [-0.3, -0.25) is 0 Å². The molecule has 2 aromatic heterocycles. The Balaban J connectivity index is 1.40. The first-order valence-corrected chi connectivity index (χ1v) is 9.25. The van der Waals surface area contributed by atoms with E-state index in [4.69, 9.17) is 0 Å². The normalized spacial score (nSPS) is 11.2. The Morgan fingerprint density at radius 3 is 2.72 bits per heavy atom. The fraction of sp³-hybridized carbons (Fsp3) is 0.200. The van der Waals surface area contributed by atoms with Crippen LogP contribution < -0.4 is 0 Å². The summed E-state index contributed by atoms with van der Waals surface area (Å²) in [7, 11) is 0. The number of hydrogen-bond acceptors (Lipinski definition) is 2. The van der Waals surface area contributed by atoms with E-state index in [1.54, 1.807) is 0 Å². The first-order chi connectivity index (χ1) is 12.3. The van der Waals surface area contributed by atoms with Crippen molar-refractivity contribution >= 4 is 26.8 Å². The predicted molar refractivity (Wildman–Crippen MR) is 104 cm³/mol. The molecular weight excluding hydrogens is 376 g/mol. The molecule has 1 N–H and O–H groups in total. The Hall–Kier alpha value is -2.40. The Kier molecular flexibility index (Phi) is 4.65. The second kappa shape index (κ2) is 7.23. The molecule has 0 saturated carbocycles. The summed E-state index contributed by atoms with van der Waals surface area (Å²) in [5.74, 6) is 1.04. The zero-order chi connectivity index (χ0) is 17.1. The standard InChI is InChI=1S/C20H19BrN4/c21-17-10-8-15(9-11-17)13-25-14-23-24-20(25)7-3-4-16-12-22-19-6-2-1-5-18(16)19/h1-2,5-6,8-12,14,22H,3-4,7,13H2. The van der Waals surface area contributed by atoms with Crippen LogP contribution in [-0.2, 0) is 19.4 Å². The maximum atomic E-state index is 4.31. The molecule has 25 heavy (non-hydrogen) atoms. The molecule has 0 unspecified atom stereocenters. The van der Waals surface area contributed by atoms with Crippen molar-refractivity contribution in [2.75, 3.05) is 0 Å².